The first-order chi connectivity index (χ1) is 14.2. The summed E-state index contributed by atoms with van der Waals surface area (Å²) >= 11 is 1.45. The van der Waals surface area contributed by atoms with E-state index in [-0.39, 0.29) is 5.57 Å². The number of nitriles is 2. The minimum absolute atomic E-state index is 0.00357. The van der Waals surface area contributed by atoms with E-state index in [1.54, 1.807) is 6.08 Å². The normalized spacial score (nSPS) is 13.2. The molecule has 3 aromatic rings. The third kappa shape index (κ3) is 3.71. The van der Waals surface area contributed by atoms with Gasteiger partial charge in [0.25, 0.3) is 5.91 Å². The van der Waals surface area contributed by atoms with Crippen LogP contribution < -0.4 is 5.32 Å². The van der Waals surface area contributed by atoms with Gasteiger partial charge in [0.1, 0.15) is 22.7 Å². The number of rotatable bonds is 4. The van der Waals surface area contributed by atoms with Gasteiger partial charge in [-0.2, -0.15) is 10.5 Å². The van der Waals surface area contributed by atoms with Crippen molar-refractivity contribution in [3.05, 3.63) is 75.9 Å². The molecule has 1 aromatic carbocycles. The Morgan fingerprint density at radius 1 is 1.10 bits per heavy atom. The van der Waals surface area contributed by atoms with Crippen molar-refractivity contribution in [2.24, 2.45) is 0 Å². The Kier molecular flexibility index (Phi) is 5.29. The second-order valence-corrected chi connectivity index (χ2v) is 7.89. The fourth-order valence-corrected chi connectivity index (χ4v) is 4.81. The molecule has 2 heterocycles. The molecule has 0 saturated carbocycles. The Bertz CT molecular complexity index is 1170. The van der Waals surface area contributed by atoms with E-state index >= 15 is 0 Å². The van der Waals surface area contributed by atoms with Gasteiger partial charge in [-0.25, -0.2) is 0 Å². The number of anilines is 1. The van der Waals surface area contributed by atoms with E-state index in [2.05, 4.69) is 11.4 Å². The van der Waals surface area contributed by atoms with E-state index in [9.17, 15) is 15.3 Å². The van der Waals surface area contributed by atoms with Gasteiger partial charge in [-0.1, -0.05) is 18.2 Å². The number of carbonyl (C=O) groups is 1. The van der Waals surface area contributed by atoms with Crippen LogP contribution in [0.25, 0.3) is 11.8 Å². The summed E-state index contributed by atoms with van der Waals surface area (Å²) in [6.07, 6.45) is 7.43. The highest BCUT2D eigenvalue weighted by Crippen LogP contribution is 2.37. The van der Waals surface area contributed by atoms with Crippen molar-refractivity contribution in [2.75, 3.05) is 5.32 Å². The molecule has 142 valence electrons. The summed E-state index contributed by atoms with van der Waals surface area (Å²) in [5.41, 5.74) is 3.27. The molecular formula is C23H18N4OS. The smallest absolute Gasteiger partial charge is 0.267 e. The molecule has 0 aliphatic heterocycles. The summed E-state index contributed by atoms with van der Waals surface area (Å²) in [6, 6.07) is 17.7. The molecule has 5 nitrogen and oxygen atoms in total. The lowest BCUT2D eigenvalue weighted by atomic mass is 9.96. The predicted octanol–water partition coefficient (Wildman–Crippen LogP) is 4.83. The van der Waals surface area contributed by atoms with Crippen molar-refractivity contribution < 1.29 is 4.79 Å². The topological polar surface area (TPSA) is 81.6 Å². The monoisotopic (exact) mass is 398 g/mol. The lowest BCUT2D eigenvalue weighted by molar-refractivity contribution is -0.112. The van der Waals surface area contributed by atoms with Gasteiger partial charge in [0.2, 0.25) is 0 Å². The van der Waals surface area contributed by atoms with Crippen LogP contribution in [0.2, 0.25) is 0 Å². The minimum Gasteiger partial charge on any atom is -0.317 e. The molecule has 0 atom stereocenters. The summed E-state index contributed by atoms with van der Waals surface area (Å²) in [6.45, 7) is 0. The standard InChI is InChI=1S/C23H18N4OS/c24-14-16(13-18-9-6-12-27(18)17-7-2-1-3-8-17)22(28)26-23-20(15-25)19-10-4-5-11-21(19)29-23/h1-3,6-9,12-13H,4-5,10-11H2,(H,26,28). The second kappa shape index (κ2) is 8.18. The van der Waals surface area contributed by atoms with Gasteiger partial charge in [0.05, 0.1) is 5.56 Å². The summed E-state index contributed by atoms with van der Waals surface area (Å²) < 4.78 is 1.91. The van der Waals surface area contributed by atoms with E-state index in [0.717, 1.165) is 42.6 Å². The van der Waals surface area contributed by atoms with Crippen LogP contribution in [0.3, 0.4) is 0 Å². The number of aromatic nitrogens is 1. The molecule has 0 fully saturated rings. The first-order valence-electron chi connectivity index (χ1n) is 9.42. The average molecular weight is 398 g/mol. The maximum absolute atomic E-state index is 12.8. The number of amides is 1. The average Bonchev–Trinajstić information content (AvgIpc) is 3.36. The van der Waals surface area contributed by atoms with Gasteiger partial charge in [-0.15, -0.1) is 11.3 Å². The summed E-state index contributed by atoms with van der Waals surface area (Å²) in [5, 5.41) is 22.5. The number of benzene rings is 1. The van der Waals surface area contributed by atoms with Crippen LogP contribution in [0.5, 0.6) is 0 Å². The van der Waals surface area contributed by atoms with Crippen LogP contribution in [-0.4, -0.2) is 10.5 Å². The van der Waals surface area contributed by atoms with Crippen LogP contribution in [0, 0.1) is 22.7 Å². The van der Waals surface area contributed by atoms with Crippen LogP contribution in [-0.2, 0) is 17.6 Å². The van der Waals surface area contributed by atoms with Crippen molar-refractivity contribution >= 4 is 28.3 Å². The molecule has 0 unspecified atom stereocenters. The zero-order valence-electron chi connectivity index (χ0n) is 15.7. The van der Waals surface area contributed by atoms with E-state index < -0.39 is 5.91 Å². The van der Waals surface area contributed by atoms with Crippen molar-refractivity contribution in [1.82, 2.24) is 4.57 Å². The van der Waals surface area contributed by atoms with E-state index in [1.807, 2.05) is 59.3 Å². The van der Waals surface area contributed by atoms with Crippen molar-refractivity contribution in [3.8, 4) is 17.8 Å². The highest BCUT2D eigenvalue weighted by atomic mass is 32.1. The summed E-state index contributed by atoms with van der Waals surface area (Å²) in [4.78, 5) is 14.0. The number of para-hydroxylation sites is 1. The van der Waals surface area contributed by atoms with E-state index in [0.29, 0.717) is 10.6 Å². The zero-order valence-corrected chi connectivity index (χ0v) is 16.5. The molecule has 0 saturated heterocycles. The first-order valence-corrected chi connectivity index (χ1v) is 10.2. The van der Waals surface area contributed by atoms with Gasteiger partial charge in [-0.3, -0.25) is 4.79 Å². The van der Waals surface area contributed by atoms with Gasteiger partial charge >= 0.3 is 0 Å². The summed E-state index contributed by atoms with van der Waals surface area (Å²) in [5.74, 6) is -0.497. The lowest BCUT2D eigenvalue weighted by Crippen LogP contribution is -2.13. The Morgan fingerprint density at radius 3 is 2.66 bits per heavy atom. The zero-order chi connectivity index (χ0) is 20.2. The molecular weight excluding hydrogens is 380 g/mol. The van der Waals surface area contributed by atoms with E-state index in [4.69, 9.17) is 0 Å². The van der Waals surface area contributed by atoms with E-state index in [1.165, 1.54) is 16.2 Å². The predicted molar refractivity (Wildman–Crippen MR) is 114 cm³/mol. The largest absolute Gasteiger partial charge is 0.317 e. The molecule has 1 aliphatic rings. The highest BCUT2D eigenvalue weighted by molar-refractivity contribution is 7.16. The third-order valence-electron chi connectivity index (χ3n) is 4.98. The van der Waals surface area contributed by atoms with Crippen molar-refractivity contribution in [3.63, 3.8) is 0 Å². The fraction of sp³-hybridized carbons (Fsp3) is 0.174. The Hall–Kier alpha value is -3.61. The number of nitrogens with one attached hydrogen (secondary N) is 1. The molecule has 4 rings (SSSR count). The number of thiophene rings is 1. The lowest BCUT2D eigenvalue weighted by Gasteiger charge is -2.09. The number of fused-ring (bicyclic) bond motifs is 1. The Balaban J connectivity index is 1.63. The number of carbonyl (C=O) groups excluding carboxylic acids is 1. The molecule has 1 N–H and O–H groups in total. The van der Waals surface area contributed by atoms with Gasteiger partial charge in [0, 0.05) is 22.5 Å². The molecule has 1 amide bonds. The Morgan fingerprint density at radius 2 is 1.90 bits per heavy atom. The van der Waals surface area contributed by atoms with Crippen LogP contribution >= 0.6 is 11.3 Å². The van der Waals surface area contributed by atoms with Gasteiger partial charge in [-0.05, 0) is 61.6 Å². The van der Waals surface area contributed by atoms with Gasteiger partial charge < -0.3 is 9.88 Å². The van der Waals surface area contributed by atoms with Crippen LogP contribution in [0.4, 0.5) is 5.00 Å². The molecule has 1 aliphatic carbocycles. The van der Waals surface area contributed by atoms with Crippen LogP contribution in [0.15, 0.2) is 54.2 Å². The quantitative estimate of drug-likeness (QED) is 0.504. The van der Waals surface area contributed by atoms with Gasteiger partial charge in [0.15, 0.2) is 0 Å². The number of nitrogens with zero attached hydrogens (tertiary/aromatic N) is 3. The van der Waals surface area contributed by atoms with Crippen molar-refractivity contribution in [1.29, 1.82) is 10.5 Å². The number of hydrogen-bond acceptors (Lipinski definition) is 4. The SMILES string of the molecule is N#CC(=Cc1cccn1-c1ccccc1)C(=O)Nc1sc2c(c1C#N)CCCC2. The minimum atomic E-state index is -0.497. The molecule has 6 heteroatoms. The number of hydrogen-bond donors (Lipinski definition) is 1. The highest BCUT2D eigenvalue weighted by Gasteiger charge is 2.22. The van der Waals surface area contributed by atoms with Crippen molar-refractivity contribution in [2.45, 2.75) is 25.7 Å². The number of aryl methyl sites for hydroxylation is 1. The summed E-state index contributed by atoms with van der Waals surface area (Å²) in [7, 11) is 0. The maximum atomic E-state index is 12.8. The maximum Gasteiger partial charge on any atom is 0.267 e. The molecule has 29 heavy (non-hydrogen) atoms. The second-order valence-electron chi connectivity index (χ2n) is 6.79. The molecule has 2 aromatic heterocycles. The Labute approximate surface area is 173 Å². The molecule has 0 radical (unpaired) electrons. The fourth-order valence-electron chi connectivity index (χ4n) is 3.57. The molecule has 0 bridgehead atoms. The third-order valence-corrected chi connectivity index (χ3v) is 6.19. The molecule has 0 spiro atoms. The van der Waals surface area contributed by atoms with Crippen LogP contribution in [0.1, 0.15) is 34.5 Å². The first kappa shape index (κ1) is 18.7.